The van der Waals surface area contributed by atoms with E-state index in [0.717, 1.165) is 12.3 Å². The lowest BCUT2D eigenvalue weighted by molar-refractivity contribution is 0.390. The number of amidine groups is 1. The molecule has 0 bridgehead atoms. The quantitative estimate of drug-likeness (QED) is 0.705. The molecule has 96 valence electrons. The third kappa shape index (κ3) is 2.41. The Morgan fingerprint density at radius 2 is 1.94 bits per heavy atom. The van der Waals surface area contributed by atoms with E-state index in [9.17, 15) is 0 Å². The van der Waals surface area contributed by atoms with Crippen LogP contribution in [0.3, 0.4) is 0 Å². The molecule has 0 aromatic carbocycles. The molecule has 2 nitrogen and oxygen atoms in total. The zero-order valence-corrected chi connectivity index (χ0v) is 12.0. The summed E-state index contributed by atoms with van der Waals surface area (Å²) in [5.74, 6) is 2.08. The molecule has 0 saturated carbocycles. The topological polar surface area (TPSA) is 15.6 Å². The normalized spacial score (nSPS) is 27.6. The van der Waals surface area contributed by atoms with E-state index >= 15 is 0 Å². The third-order valence-corrected chi connectivity index (χ3v) is 3.86. The molecule has 2 aliphatic rings. The first-order chi connectivity index (χ1) is 8.00. The van der Waals surface area contributed by atoms with Crippen LogP contribution in [-0.4, -0.2) is 22.8 Å². The van der Waals surface area contributed by atoms with Gasteiger partial charge in [0.05, 0.1) is 0 Å². The first-order valence-electron chi connectivity index (χ1n) is 7.08. The van der Waals surface area contributed by atoms with Gasteiger partial charge in [-0.15, -0.1) is 0 Å². The summed E-state index contributed by atoms with van der Waals surface area (Å²) in [5, 5.41) is 0. The fourth-order valence-corrected chi connectivity index (χ4v) is 3.17. The van der Waals surface area contributed by atoms with E-state index in [1.807, 2.05) is 0 Å². The monoisotopic (exact) mass is 234 g/mol. The van der Waals surface area contributed by atoms with Crippen LogP contribution in [0.4, 0.5) is 0 Å². The van der Waals surface area contributed by atoms with Gasteiger partial charge in [-0.2, -0.15) is 0 Å². The number of nitrogens with zero attached hydrogens (tertiary/aromatic N) is 2. The maximum atomic E-state index is 4.84. The van der Waals surface area contributed by atoms with E-state index in [4.69, 9.17) is 4.99 Å². The van der Waals surface area contributed by atoms with Gasteiger partial charge in [-0.1, -0.05) is 6.92 Å². The van der Waals surface area contributed by atoms with Gasteiger partial charge in [0.25, 0.3) is 0 Å². The summed E-state index contributed by atoms with van der Waals surface area (Å²) in [6, 6.07) is 0.952. The SMILES string of the molecule is CC(C)/N=C1/CC2=C(CCCC2C)N1C(C)C. The smallest absolute Gasteiger partial charge is 0.108 e. The second kappa shape index (κ2) is 4.83. The molecule has 1 unspecified atom stereocenters. The summed E-state index contributed by atoms with van der Waals surface area (Å²) in [6.45, 7) is 11.3. The summed E-state index contributed by atoms with van der Waals surface area (Å²) in [4.78, 5) is 7.34. The summed E-state index contributed by atoms with van der Waals surface area (Å²) in [5.41, 5.74) is 3.27. The maximum Gasteiger partial charge on any atom is 0.108 e. The minimum absolute atomic E-state index is 0.405. The van der Waals surface area contributed by atoms with Crippen LogP contribution in [0.1, 0.15) is 60.3 Å². The minimum Gasteiger partial charge on any atom is -0.331 e. The molecule has 17 heavy (non-hydrogen) atoms. The predicted octanol–water partition coefficient (Wildman–Crippen LogP) is 3.98. The fourth-order valence-electron chi connectivity index (χ4n) is 3.17. The lowest BCUT2D eigenvalue weighted by atomic mass is 9.87. The van der Waals surface area contributed by atoms with Crippen molar-refractivity contribution < 1.29 is 0 Å². The lowest BCUT2D eigenvalue weighted by Gasteiger charge is -2.30. The Morgan fingerprint density at radius 1 is 1.24 bits per heavy atom. The molecule has 0 spiro atoms. The Balaban J connectivity index is 2.33. The fraction of sp³-hybridized carbons (Fsp3) is 0.800. The second-order valence-corrected chi connectivity index (χ2v) is 6.04. The van der Waals surface area contributed by atoms with Gasteiger partial charge in [-0.05, 0) is 58.4 Å². The van der Waals surface area contributed by atoms with E-state index in [-0.39, 0.29) is 0 Å². The van der Waals surface area contributed by atoms with Crippen LogP contribution in [0, 0.1) is 5.92 Å². The van der Waals surface area contributed by atoms with Crippen molar-refractivity contribution in [3.8, 4) is 0 Å². The highest BCUT2D eigenvalue weighted by molar-refractivity contribution is 5.90. The van der Waals surface area contributed by atoms with Crippen LogP contribution >= 0.6 is 0 Å². The van der Waals surface area contributed by atoms with Gasteiger partial charge in [0.15, 0.2) is 0 Å². The van der Waals surface area contributed by atoms with Crippen molar-refractivity contribution in [2.75, 3.05) is 0 Å². The molecule has 0 aromatic heterocycles. The highest BCUT2D eigenvalue weighted by Gasteiger charge is 2.34. The Kier molecular flexibility index (Phi) is 3.60. The summed E-state index contributed by atoms with van der Waals surface area (Å²) in [6.07, 6.45) is 5.07. The molecule has 2 heteroatoms. The van der Waals surface area contributed by atoms with Crippen molar-refractivity contribution in [2.24, 2.45) is 10.9 Å². The van der Waals surface area contributed by atoms with Gasteiger partial charge in [0.1, 0.15) is 5.84 Å². The molecule has 0 N–H and O–H groups in total. The molecule has 1 heterocycles. The predicted molar refractivity (Wildman–Crippen MR) is 74.2 cm³/mol. The van der Waals surface area contributed by atoms with Gasteiger partial charge in [0, 0.05) is 24.2 Å². The molecular weight excluding hydrogens is 208 g/mol. The largest absolute Gasteiger partial charge is 0.331 e. The Morgan fingerprint density at radius 3 is 2.53 bits per heavy atom. The molecule has 0 amide bonds. The maximum absolute atomic E-state index is 4.84. The van der Waals surface area contributed by atoms with Gasteiger partial charge in [0.2, 0.25) is 0 Å². The van der Waals surface area contributed by atoms with Gasteiger partial charge < -0.3 is 4.90 Å². The number of hydrogen-bond donors (Lipinski definition) is 0. The second-order valence-electron chi connectivity index (χ2n) is 6.04. The number of aliphatic imine (C=N–C) groups is 1. The third-order valence-electron chi connectivity index (χ3n) is 3.86. The Bertz CT molecular complexity index is 350. The van der Waals surface area contributed by atoms with Crippen molar-refractivity contribution >= 4 is 5.84 Å². The number of hydrogen-bond acceptors (Lipinski definition) is 1. The van der Waals surface area contributed by atoms with Crippen LogP contribution in [0.25, 0.3) is 0 Å². The van der Waals surface area contributed by atoms with Crippen LogP contribution in [-0.2, 0) is 0 Å². The minimum atomic E-state index is 0.405. The van der Waals surface area contributed by atoms with E-state index < -0.39 is 0 Å². The summed E-state index contributed by atoms with van der Waals surface area (Å²) >= 11 is 0. The summed E-state index contributed by atoms with van der Waals surface area (Å²) in [7, 11) is 0. The molecule has 0 radical (unpaired) electrons. The molecular formula is C15H26N2. The first-order valence-corrected chi connectivity index (χ1v) is 7.08. The molecule has 0 fully saturated rings. The Hall–Kier alpha value is -0.790. The van der Waals surface area contributed by atoms with Crippen LogP contribution in [0.5, 0.6) is 0 Å². The van der Waals surface area contributed by atoms with Crippen molar-refractivity contribution in [2.45, 2.75) is 72.4 Å². The molecule has 1 aliphatic carbocycles. The van der Waals surface area contributed by atoms with Crippen molar-refractivity contribution in [3.63, 3.8) is 0 Å². The number of allylic oxidation sites excluding steroid dienone is 1. The molecule has 2 rings (SSSR count). The average Bonchev–Trinajstić information content (AvgIpc) is 2.56. The Labute approximate surface area is 106 Å². The average molecular weight is 234 g/mol. The highest BCUT2D eigenvalue weighted by atomic mass is 15.2. The van der Waals surface area contributed by atoms with E-state index in [0.29, 0.717) is 12.1 Å². The zero-order valence-electron chi connectivity index (χ0n) is 12.0. The molecule has 0 aromatic rings. The summed E-state index contributed by atoms with van der Waals surface area (Å²) < 4.78 is 0. The molecule has 0 saturated heterocycles. The van der Waals surface area contributed by atoms with Crippen molar-refractivity contribution in [3.05, 3.63) is 11.3 Å². The highest BCUT2D eigenvalue weighted by Crippen LogP contribution is 2.40. The standard InChI is InChI=1S/C15H26N2/c1-10(2)16-15-9-13-12(5)7-6-8-14(13)17(15)11(3)4/h10-12H,6-9H2,1-5H3/b16-15-. The molecule has 1 aliphatic heterocycles. The molecule has 1 atom stereocenters. The van der Waals surface area contributed by atoms with Gasteiger partial charge >= 0.3 is 0 Å². The van der Waals surface area contributed by atoms with Crippen LogP contribution in [0.15, 0.2) is 16.3 Å². The van der Waals surface area contributed by atoms with Crippen LogP contribution < -0.4 is 0 Å². The van der Waals surface area contributed by atoms with Crippen molar-refractivity contribution in [1.82, 2.24) is 4.90 Å². The zero-order chi connectivity index (χ0) is 12.6. The van der Waals surface area contributed by atoms with Gasteiger partial charge in [-0.25, -0.2) is 0 Å². The van der Waals surface area contributed by atoms with Crippen molar-refractivity contribution in [1.29, 1.82) is 0 Å². The van der Waals surface area contributed by atoms with Crippen LogP contribution in [0.2, 0.25) is 0 Å². The van der Waals surface area contributed by atoms with E-state index in [1.54, 1.807) is 11.3 Å². The first kappa shape index (κ1) is 12.7. The van der Waals surface area contributed by atoms with E-state index in [2.05, 4.69) is 39.5 Å². The number of rotatable bonds is 2. The van der Waals surface area contributed by atoms with Gasteiger partial charge in [-0.3, -0.25) is 4.99 Å². The van der Waals surface area contributed by atoms with E-state index in [1.165, 1.54) is 25.1 Å². The lowest BCUT2D eigenvalue weighted by Crippen LogP contribution is -2.33.